The topological polar surface area (TPSA) is 61.1 Å². The molecule has 1 atom stereocenters. The van der Waals surface area contributed by atoms with Gasteiger partial charge in [0, 0.05) is 45.3 Å². The molecule has 142 valence electrons. The molecule has 0 aromatic carbocycles. The van der Waals surface area contributed by atoms with Crippen LogP contribution in [-0.4, -0.2) is 76.2 Å². The van der Waals surface area contributed by atoms with Crippen molar-refractivity contribution in [3.05, 3.63) is 30.2 Å². The van der Waals surface area contributed by atoms with E-state index in [0.717, 1.165) is 43.5 Å². The number of nitrogens with zero attached hydrogens (tertiary/aromatic N) is 6. The maximum atomic E-state index is 4.48. The first-order valence-electron chi connectivity index (χ1n) is 9.33. The SMILES string of the molecule is CN=C(NCCc1nnc2ccccn12)N1CCC(N2CCCC2)C1.I. The predicted molar refractivity (Wildman–Crippen MR) is 114 cm³/mol. The van der Waals surface area contributed by atoms with Gasteiger partial charge < -0.3 is 10.2 Å². The van der Waals surface area contributed by atoms with Crippen LogP contribution in [0.1, 0.15) is 25.1 Å². The van der Waals surface area contributed by atoms with Gasteiger partial charge in [-0.25, -0.2) is 0 Å². The van der Waals surface area contributed by atoms with E-state index >= 15 is 0 Å². The van der Waals surface area contributed by atoms with E-state index in [1.807, 2.05) is 35.8 Å². The molecule has 1 N–H and O–H groups in total. The third-order valence-electron chi connectivity index (χ3n) is 5.35. The third-order valence-corrected chi connectivity index (χ3v) is 5.35. The number of rotatable bonds is 4. The highest BCUT2D eigenvalue weighted by Gasteiger charge is 2.30. The Kier molecular flexibility index (Phi) is 6.68. The molecule has 0 bridgehead atoms. The average molecular weight is 469 g/mol. The fourth-order valence-electron chi connectivity index (χ4n) is 4.02. The van der Waals surface area contributed by atoms with Crippen molar-refractivity contribution in [2.75, 3.05) is 39.8 Å². The van der Waals surface area contributed by atoms with Crippen LogP contribution in [0.3, 0.4) is 0 Å². The van der Waals surface area contributed by atoms with E-state index in [4.69, 9.17) is 0 Å². The Morgan fingerprint density at radius 3 is 2.88 bits per heavy atom. The standard InChI is InChI=1S/C18H27N7.HI/c1-19-18(24-13-8-15(14-24)23-10-4-5-11-23)20-9-7-17-22-21-16-6-2-3-12-25(16)17;/h2-3,6,12,15H,4-5,7-11,13-14H2,1H3,(H,19,20);1H. The van der Waals surface area contributed by atoms with Crippen molar-refractivity contribution in [3.8, 4) is 0 Å². The number of aliphatic imine (C=N–C) groups is 1. The number of likely N-dealkylation sites (tertiary alicyclic amines) is 2. The Morgan fingerprint density at radius 1 is 1.23 bits per heavy atom. The molecule has 4 rings (SSSR count). The van der Waals surface area contributed by atoms with E-state index in [1.54, 1.807) is 0 Å². The zero-order chi connectivity index (χ0) is 17.1. The van der Waals surface area contributed by atoms with Gasteiger partial charge in [0.05, 0.1) is 0 Å². The first kappa shape index (κ1) is 19.3. The molecule has 1 unspecified atom stereocenters. The molecule has 2 aromatic heterocycles. The maximum Gasteiger partial charge on any atom is 0.193 e. The van der Waals surface area contributed by atoms with Crippen LogP contribution in [0.4, 0.5) is 0 Å². The fourth-order valence-corrected chi connectivity index (χ4v) is 4.02. The molecule has 2 fully saturated rings. The molecule has 8 heteroatoms. The summed E-state index contributed by atoms with van der Waals surface area (Å²) in [6, 6.07) is 6.67. The summed E-state index contributed by atoms with van der Waals surface area (Å²) in [5.41, 5.74) is 0.898. The van der Waals surface area contributed by atoms with Crippen LogP contribution in [0.15, 0.2) is 29.4 Å². The van der Waals surface area contributed by atoms with Crippen molar-refractivity contribution in [2.45, 2.75) is 31.7 Å². The van der Waals surface area contributed by atoms with Crippen molar-refractivity contribution in [1.29, 1.82) is 0 Å². The minimum absolute atomic E-state index is 0. The first-order valence-corrected chi connectivity index (χ1v) is 9.33. The molecule has 2 aromatic rings. The van der Waals surface area contributed by atoms with Crippen LogP contribution in [0.5, 0.6) is 0 Å². The van der Waals surface area contributed by atoms with Crippen LogP contribution in [0.25, 0.3) is 5.65 Å². The summed E-state index contributed by atoms with van der Waals surface area (Å²) in [4.78, 5) is 9.52. The Labute approximate surface area is 171 Å². The molecule has 4 heterocycles. The number of fused-ring (bicyclic) bond motifs is 1. The van der Waals surface area contributed by atoms with E-state index in [1.165, 1.54) is 32.4 Å². The number of hydrogen-bond acceptors (Lipinski definition) is 4. The second-order valence-corrected chi connectivity index (χ2v) is 6.90. The fraction of sp³-hybridized carbons (Fsp3) is 0.611. The highest BCUT2D eigenvalue weighted by atomic mass is 127. The van der Waals surface area contributed by atoms with E-state index in [2.05, 4.69) is 30.3 Å². The monoisotopic (exact) mass is 469 g/mol. The first-order chi connectivity index (χ1) is 12.3. The summed E-state index contributed by atoms with van der Waals surface area (Å²) in [6.07, 6.45) is 6.80. The number of halogens is 1. The summed E-state index contributed by atoms with van der Waals surface area (Å²) in [6.45, 7) is 5.53. The highest BCUT2D eigenvalue weighted by Crippen LogP contribution is 2.20. The Bertz CT molecular complexity index is 738. The zero-order valence-corrected chi connectivity index (χ0v) is 17.7. The molecule has 0 spiro atoms. The van der Waals surface area contributed by atoms with Gasteiger partial charge in [-0.1, -0.05) is 6.07 Å². The second kappa shape index (κ2) is 8.98. The molecule has 0 saturated carbocycles. The van der Waals surface area contributed by atoms with Crippen LogP contribution in [0.2, 0.25) is 0 Å². The zero-order valence-electron chi connectivity index (χ0n) is 15.3. The van der Waals surface area contributed by atoms with Gasteiger partial charge in [-0.2, -0.15) is 0 Å². The van der Waals surface area contributed by atoms with Crippen molar-refractivity contribution >= 4 is 35.6 Å². The van der Waals surface area contributed by atoms with Gasteiger partial charge in [-0.3, -0.25) is 14.3 Å². The highest BCUT2D eigenvalue weighted by molar-refractivity contribution is 14.0. The van der Waals surface area contributed by atoms with Gasteiger partial charge in [-0.15, -0.1) is 34.2 Å². The largest absolute Gasteiger partial charge is 0.356 e. The quantitative estimate of drug-likeness (QED) is 0.419. The smallest absolute Gasteiger partial charge is 0.193 e. The number of nitrogens with one attached hydrogen (secondary N) is 1. The Morgan fingerprint density at radius 2 is 2.08 bits per heavy atom. The lowest BCUT2D eigenvalue weighted by Crippen LogP contribution is -2.43. The maximum absolute atomic E-state index is 4.48. The molecule has 0 radical (unpaired) electrons. The van der Waals surface area contributed by atoms with Crippen LogP contribution in [0, 0.1) is 0 Å². The molecule has 2 saturated heterocycles. The van der Waals surface area contributed by atoms with E-state index in [0.29, 0.717) is 6.04 Å². The number of hydrogen-bond donors (Lipinski definition) is 1. The van der Waals surface area contributed by atoms with E-state index < -0.39 is 0 Å². The van der Waals surface area contributed by atoms with Crippen molar-refractivity contribution in [1.82, 2.24) is 29.7 Å². The number of pyridine rings is 1. The lowest BCUT2D eigenvalue weighted by atomic mass is 10.2. The van der Waals surface area contributed by atoms with Crippen molar-refractivity contribution in [2.24, 2.45) is 4.99 Å². The summed E-state index contributed by atoms with van der Waals surface area (Å²) in [7, 11) is 1.87. The van der Waals surface area contributed by atoms with Gasteiger partial charge in [0.25, 0.3) is 0 Å². The van der Waals surface area contributed by atoms with Crippen LogP contribution in [-0.2, 0) is 6.42 Å². The van der Waals surface area contributed by atoms with Gasteiger partial charge in [0.1, 0.15) is 5.82 Å². The minimum Gasteiger partial charge on any atom is -0.356 e. The molecular formula is C18H28IN7. The lowest BCUT2D eigenvalue weighted by Gasteiger charge is -2.25. The van der Waals surface area contributed by atoms with Gasteiger partial charge in [0.15, 0.2) is 11.6 Å². The summed E-state index contributed by atoms with van der Waals surface area (Å²) in [5.74, 6) is 1.99. The predicted octanol–water partition coefficient (Wildman–Crippen LogP) is 1.64. The number of guanidine groups is 1. The average Bonchev–Trinajstić information content (AvgIpc) is 3.38. The van der Waals surface area contributed by atoms with Crippen molar-refractivity contribution < 1.29 is 0 Å². The Hall–Kier alpha value is -1.42. The van der Waals surface area contributed by atoms with Crippen LogP contribution < -0.4 is 5.32 Å². The van der Waals surface area contributed by atoms with Gasteiger partial charge in [-0.05, 0) is 44.5 Å². The molecular weight excluding hydrogens is 441 g/mol. The second-order valence-electron chi connectivity index (χ2n) is 6.90. The summed E-state index contributed by atoms with van der Waals surface area (Å²) >= 11 is 0. The molecule has 7 nitrogen and oxygen atoms in total. The summed E-state index contributed by atoms with van der Waals surface area (Å²) < 4.78 is 2.05. The summed E-state index contributed by atoms with van der Waals surface area (Å²) in [5, 5.41) is 12.0. The number of aromatic nitrogens is 3. The Balaban J connectivity index is 0.00000196. The molecule has 26 heavy (non-hydrogen) atoms. The lowest BCUT2D eigenvalue weighted by molar-refractivity contribution is 0.249. The van der Waals surface area contributed by atoms with E-state index in [-0.39, 0.29) is 24.0 Å². The molecule has 2 aliphatic rings. The molecule has 2 aliphatic heterocycles. The van der Waals surface area contributed by atoms with Crippen LogP contribution >= 0.6 is 24.0 Å². The molecule has 0 amide bonds. The third kappa shape index (κ3) is 4.11. The van der Waals surface area contributed by atoms with Gasteiger partial charge >= 0.3 is 0 Å². The van der Waals surface area contributed by atoms with Gasteiger partial charge in [0.2, 0.25) is 0 Å². The van der Waals surface area contributed by atoms with E-state index in [9.17, 15) is 0 Å². The van der Waals surface area contributed by atoms with Crippen molar-refractivity contribution in [3.63, 3.8) is 0 Å². The minimum atomic E-state index is 0. The molecule has 0 aliphatic carbocycles. The normalized spacial score (nSPS) is 21.3.